The fourth-order valence-corrected chi connectivity index (χ4v) is 19.1. The zero-order valence-electron chi connectivity index (χ0n) is 68.1. The number of hydrogen-bond donors (Lipinski definition) is 6. The smallest absolute Gasteiger partial charge is 0.243 e. The Morgan fingerprint density at radius 1 is 0.325 bits per heavy atom. The lowest BCUT2D eigenvalue weighted by Crippen LogP contribution is -2.36. The Morgan fingerprint density at radius 2 is 0.509 bits per heavy atom. The van der Waals surface area contributed by atoms with Gasteiger partial charge in [-0.1, -0.05) is 98.7 Å². The number of aliphatic hydroxyl groups excluding tert-OH is 6. The highest BCUT2D eigenvalue weighted by Gasteiger charge is 2.35. The summed E-state index contributed by atoms with van der Waals surface area (Å²) in [6, 6.07) is 21.2. The predicted octanol–water partition coefficient (Wildman–Crippen LogP) is 8.33. The molecule has 0 unspecified atom stereocenters. The topological polar surface area (TPSA) is 342 Å². The highest BCUT2D eigenvalue weighted by Crippen LogP contribution is 2.46. The first-order valence-corrected chi connectivity index (χ1v) is 42.3. The highest BCUT2D eigenvalue weighted by molar-refractivity contribution is 7.89. The molecule has 12 bridgehead atoms. The molecule has 10 rings (SSSR count). The number of imidazole rings is 3. The van der Waals surface area contributed by atoms with E-state index in [-0.39, 0.29) is 130 Å². The van der Waals surface area contributed by atoms with Crippen molar-refractivity contribution in [3.05, 3.63) is 211 Å². The van der Waals surface area contributed by atoms with Crippen molar-refractivity contribution in [2.45, 2.75) is 152 Å². The summed E-state index contributed by atoms with van der Waals surface area (Å²) in [5.41, 5.74) is 6.05. The molecule has 0 saturated heterocycles. The fourth-order valence-electron chi connectivity index (χ4n) is 14.5. The van der Waals surface area contributed by atoms with Crippen LogP contribution in [0.3, 0.4) is 0 Å². The summed E-state index contributed by atoms with van der Waals surface area (Å²) >= 11 is 0. The summed E-state index contributed by atoms with van der Waals surface area (Å²) < 4.78 is 143. The average Bonchev–Trinajstić information content (AvgIpc) is 1.08. The lowest BCUT2D eigenvalue weighted by Gasteiger charge is -2.28. The van der Waals surface area contributed by atoms with E-state index in [0.29, 0.717) is 101 Å². The van der Waals surface area contributed by atoms with E-state index in [0.717, 1.165) is 29.6 Å². The molecule has 9 aromatic rings. The van der Waals surface area contributed by atoms with Gasteiger partial charge in [0.05, 0.1) is 75.7 Å². The summed E-state index contributed by atoms with van der Waals surface area (Å²) in [5, 5.41) is 62.9. The molecule has 6 aromatic carbocycles. The van der Waals surface area contributed by atoms with Crippen molar-refractivity contribution in [3.63, 3.8) is 0 Å². The summed E-state index contributed by atoms with van der Waals surface area (Å²) in [6.45, 7) is 12.6. The third-order valence-electron chi connectivity index (χ3n) is 20.7. The van der Waals surface area contributed by atoms with E-state index in [1.165, 1.54) is 57.7 Å². The number of aryl methyl sites for hydroxylation is 3. The molecule has 0 aliphatic heterocycles. The van der Waals surface area contributed by atoms with E-state index >= 15 is 25.3 Å². The molecular weight excluding hydrogens is 1520 g/mol. The van der Waals surface area contributed by atoms with E-state index < -0.39 is 86.0 Å². The molecule has 1 aliphatic carbocycles. The maximum Gasteiger partial charge on any atom is 0.243 e. The number of methoxy groups -OCH3 is 3. The van der Waals surface area contributed by atoms with Gasteiger partial charge in [-0.15, -0.1) is 0 Å². The van der Waals surface area contributed by atoms with E-state index in [1.807, 2.05) is 71.2 Å². The van der Waals surface area contributed by atoms with Crippen LogP contribution in [0.25, 0.3) is 0 Å². The summed E-state index contributed by atoms with van der Waals surface area (Å²) in [7, 11) is -3.83. The SMILES string of the molecule is COc1c2cc(S(=O)(=O)N(CCO)CCO)cc1Cc1cc(C(C)(C)C)cc(c1OCc1nccn1C)Cc1cc(S(=O)(=O)N(CCO)CCO)cc(c1OC)Cc1cc(C(C)(C)C)cc(c1OCc1nccn1C)Cc1cc(S(=O)(=O)N(CCO)CCO)cc(c1OC)Cc1cc(C(C)(C)C)cc(c1OCc1nccn1C)C2. The minimum atomic E-state index is -4.61. The molecule has 114 heavy (non-hydrogen) atoms. The molecule has 618 valence electrons. The standard InChI is InChI=1S/C84H111N9O18S3/c1-82(2,3)67-40-55-34-61-46-70(112(100,101)91(22-28-94)23-29-95)48-63(76(61)106-13)36-57-42-68(83(4,5)6)44-59(80(57)110-53-74-86-17-20-89(74)11)38-65-50-72(114(104,105)93(26-32-98)27-33-99)51-66(78(65)108-15)39-60-45-69(84(7,8)9)43-58(81(60)111-54-75-87-18-21-90(75)12)37-64-49-71(113(102,103)92(24-30-96)25-31-97)47-62(77(64)107-14)35-56(41-67)79(55)109-52-73-85-16-19-88(73)10/h16-21,40-51,94-99H,22-39,52-54H2,1-15H3. The Bertz CT molecular complexity index is 4570. The Labute approximate surface area is 670 Å². The molecule has 3 heterocycles. The third-order valence-corrected chi connectivity index (χ3v) is 26.3. The van der Waals surface area contributed by atoms with Crippen molar-refractivity contribution >= 4 is 30.1 Å². The van der Waals surface area contributed by atoms with Gasteiger partial charge in [-0.25, -0.2) is 40.2 Å². The molecule has 3 aromatic heterocycles. The largest absolute Gasteiger partial charge is 0.496 e. The summed E-state index contributed by atoms with van der Waals surface area (Å²) in [6.07, 6.45) is 9.81. The Morgan fingerprint density at radius 3 is 0.658 bits per heavy atom. The molecule has 0 spiro atoms. The van der Waals surface area contributed by atoms with Crippen molar-refractivity contribution in [1.82, 2.24) is 41.6 Å². The molecule has 30 heteroatoms. The van der Waals surface area contributed by atoms with Crippen LogP contribution in [0.1, 0.15) is 163 Å². The second-order valence-corrected chi connectivity index (χ2v) is 37.6. The monoisotopic (exact) mass is 1630 g/mol. The van der Waals surface area contributed by atoms with Gasteiger partial charge in [-0.3, -0.25) is 0 Å². The average molecular weight is 1630 g/mol. The number of ether oxygens (including phenoxy) is 6. The van der Waals surface area contributed by atoms with Gasteiger partial charge in [0, 0.05) is 169 Å². The van der Waals surface area contributed by atoms with Crippen molar-refractivity contribution < 1.29 is 84.3 Å². The molecule has 0 saturated carbocycles. The van der Waals surface area contributed by atoms with Gasteiger partial charge in [-0.05, 0) is 103 Å². The van der Waals surface area contributed by atoms with Crippen LogP contribution in [0.15, 0.2) is 125 Å². The molecule has 0 fully saturated rings. The van der Waals surface area contributed by atoms with Gasteiger partial charge in [-0.2, -0.15) is 12.9 Å². The van der Waals surface area contributed by atoms with Gasteiger partial charge < -0.3 is 72.8 Å². The Balaban J connectivity index is 1.42. The van der Waals surface area contributed by atoms with Crippen molar-refractivity contribution in [2.75, 3.05) is 100 Å². The zero-order valence-corrected chi connectivity index (χ0v) is 70.5. The fraction of sp³-hybridized carbons (Fsp3) is 0.464. The Hall–Kier alpha value is -8.76. The quantitative estimate of drug-likeness (QED) is 0.0246. The number of hydrogen-bond acceptors (Lipinski definition) is 21. The van der Waals surface area contributed by atoms with Crippen LogP contribution in [0, 0.1) is 0 Å². The number of benzene rings is 6. The van der Waals surface area contributed by atoms with Crippen LogP contribution >= 0.6 is 0 Å². The van der Waals surface area contributed by atoms with Crippen molar-refractivity contribution in [1.29, 1.82) is 0 Å². The van der Waals surface area contributed by atoms with E-state index in [4.69, 9.17) is 28.4 Å². The van der Waals surface area contributed by atoms with Crippen LogP contribution in [0.2, 0.25) is 0 Å². The van der Waals surface area contributed by atoms with Gasteiger partial charge >= 0.3 is 0 Å². The van der Waals surface area contributed by atoms with E-state index in [9.17, 15) is 30.6 Å². The molecule has 27 nitrogen and oxygen atoms in total. The molecule has 0 amide bonds. The van der Waals surface area contributed by atoms with Crippen LogP contribution in [0.4, 0.5) is 0 Å². The number of aliphatic hydroxyl groups is 6. The number of rotatable bonds is 30. The first kappa shape index (κ1) is 87.6. The van der Waals surface area contributed by atoms with Crippen LogP contribution < -0.4 is 28.4 Å². The molecule has 6 N–H and O–H groups in total. The lowest BCUT2D eigenvalue weighted by atomic mass is 9.81. The number of nitrogens with zero attached hydrogens (tertiary/aromatic N) is 9. The first-order valence-electron chi connectivity index (χ1n) is 38.0. The predicted molar refractivity (Wildman–Crippen MR) is 433 cm³/mol. The normalized spacial score (nSPS) is 13.4. The van der Waals surface area contributed by atoms with Gasteiger partial charge in [0.1, 0.15) is 71.8 Å². The maximum absolute atomic E-state index is 15.6. The second kappa shape index (κ2) is 36.6. The summed E-state index contributed by atoms with van der Waals surface area (Å²) in [5.74, 6) is 3.46. The molecule has 0 atom stereocenters. The minimum Gasteiger partial charge on any atom is -0.496 e. The number of aromatic nitrogens is 6. The van der Waals surface area contributed by atoms with Gasteiger partial charge in [0.2, 0.25) is 30.1 Å². The Kier molecular flexibility index (Phi) is 28.1. The van der Waals surface area contributed by atoms with E-state index in [1.54, 1.807) is 37.2 Å². The van der Waals surface area contributed by atoms with Crippen LogP contribution in [-0.4, -0.2) is 198 Å². The molecule has 1 aliphatic rings. The van der Waals surface area contributed by atoms with Crippen molar-refractivity contribution in [3.8, 4) is 34.5 Å². The van der Waals surface area contributed by atoms with Gasteiger partial charge in [0.25, 0.3) is 0 Å². The highest BCUT2D eigenvalue weighted by atomic mass is 32.2. The first-order chi connectivity index (χ1) is 54.0. The van der Waals surface area contributed by atoms with Crippen LogP contribution in [-0.2, 0) is 126 Å². The maximum atomic E-state index is 15.6. The summed E-state index contributed by atoms with van der Waals surface area (Å²) in [4.78, 5) is 13.3. The number of fused-ring (bicyclic) bond motifs is 12. The zero-order chi connectivity index (χ0) is 83.0. The lowest BCUT2D eigenvalue weighted by molar-refractivity contribution is 0.217. The molecule has 0 radical (unpaired) electrons. The van der Waals surface area contributed by atoms with Gasteiger partial charge in [0.15, 0.2) is 0 Å². The van der Waals surface area contributed by atoms with E-state index in [2.05, 4.69) is 77.3 Å². The second-order valence-electron chi connectivity index (χ2n) is 31.8. The van der Waals surface area contributed by atoms with Crippen molar-refractivity contribution in [2.24, 2.45) is 21.1 Å². The third kappa shape index (κ3) is 19.7. The minimum absolute atomic E-state index is 0.0833. The number of sulfonamides is 3. The molecular formula is C84H111N9O18S3. The van der Waals surface area contributed by atoms with Crippen LogP contribution in [0.5, 0.6) is 34.5 Å².